The molecule has 0 heterocycles. The van der Waals surface area contributed by atoms with Gasteiger partial charge in [-0.05, 0) is 54.3 Å². The second kappa shape index (κ2) is 24.8. The maximum absolute atomic E-state index is 12.2. The van der Waals surface area contributed by atoms with Gasteiger partial charge in [-0.1, -0.05) is 148 Å². The van der Waals surface area contributed by atoms with Crippen LogP contribution in [-0.4, -0.2) is 25.4 Å². The summed E-state index contributed by atoms with van der Waals surface area (Å²) in [6.45, 7) is 7.69. The number of benzene rings is 2. The Balaban J connectivity index is 1.44. The Morgan fingerprint density at radius 3 is 1.65 bits per heavy atom. The van der Waals surface area contributed by atoms with Gasteiger partial charge in [-0.2, -0.15) is 0 Å². The number of esters is 1. The average molecular weight is 592 g/mol. The predicted molar refractivity (Wildman–Crippen MR) is 184 cm³/mol. The van der Waals surface area contributed by atoms with Crippen LogP contribution in [0.5, 0.6) is 5.75 Å². The monoisotopic (exact) mass is 591 g/mol. The van der Waals surface area contributed by atoms with E-state index in [2.05, 4.69) is 25.8 Å². The molecular formula is C39H61NO3. The van der Waals surface area contributed by atoms with E-state index < -0.39 is 0 Å². The highest BCUT2D eigenvalue weighted by molar-refractivity contribution is 5.91. The summed E-state index contributed by atoms with van der Waals surface area (Å²) >= 11 is 0. The van der Waals surface area contributed by atoms with Crippen molar-refractivity contribution in [2.45, 2.75) is 143 Å². The first kappa shape index (κ1) is 36.6. The minimum absolute atomic E-state index is 0.274. The van der Waals surface area contributed by atoms with E-state index in [1.807, 2.05) is 42.6 Å². The van der Waals surface area contributed by atoms with E-state index in [1.165, 1.54) is 109 Å². The molecule has 0 radical (unpaired) electrons. The van der Waals surface area contributed by atoms with E-state index in [4.69, 9.17) is 9.47 Å². The second-order valence-electron chi connectivity index (χ2n) is 12.3. The number of nitrogens with zero attached hydrogens (tertiary/aromatic N) is 1. The van der Waals surface area contributed by atoms with Crippen molar-refractivity contribution in [3.05, 3.63) is 59.7 Å². The molecule has 0 aliphatic heterocycles. The molecule has 0 aliphatic carbocycles. The molecule has 2 aromatic rings. The van der Waals surface area contributed by atoms with Crippen LogP contribution >= 0.6 is 0 Å². The molecule has 240 valence electrons. The first-order valence-corrected chi connectivity index (χ1v) is 17.7. The Morgan fingerprint density at radius 1 is 0.674 bits per heavy atom. The predicted octanol–water partition coefficient (Wildman–Crippen LogP) is 12.1. The van der Waals surface area contributed by atoms with E-state index in [1.54, 1.807) is 12.1 Å². The second-order valence-corrected chi connectivity index (χ2v) is 12.3. The van der Waals surface area contributed by atoms with Gasteiger partial charge in [0.25, 0.3) is 0 Å². The first-order chi connectivity index (χ1) is 21.1. The minimum Gasteiger partial charge on any atom is -0.494 e. The zero-order valence-corrected chi connectivity index (χ0v) is 27.8. The lowest BCUT2D eigenvalue weighted by Crippen LogP contribution is -2.11. The molecule has 0 amide bonds. The van der Waals surface area contributed by atoms with Gasteiger partial charge in [0.15, 0.2) is 0 Å². The fourth-order valence-electron chi connectivity index (χ4n) is 5.10. The number of aliphatic imine (C=N–C) groups is 1. The Bertz CT molecular complexity index is 967. The molecule has 0 saturated carbocycles. The third-order valence-corrected chi connectivity index (χ3v) is 8.31. The molecule has 43 heavy (non-hydrogen) atoms. The van der Waals surface area contributed by atoms with Crippen molar-refractivity contribution in [1.82, 2.24) is 0 Å². The zero-order valence-electron chi connectivity index (χ0n) is 27.8. The maximum atomic E-state index is 12.2. The van der Waals surface area contributed by atoms with E-state index in [0.717, 1.165) is 36.4 Å². The van der Waals surface area contributed by atoms with Crippen LogP contribution in [0.4, 0.5) is 5.69 Å². The highest BCUT2D eigenvalue weighted by Gasteiger charge is 2.08. The molecule has 0 spiro atoms. The van der Waals surface area contributed by atoms with Crippen LogP contribution in [0.25, 0.3) is 0 Å². The zero-order chi connectivity index (χ0) is 30.8. The van der Waals surface area contributed by atoms with Gasteiger partial charge in [0.05, 0.1) is 24.5 Å². The lowest BCUT2D eigenvalue weighted by Gasteiger charge is -2.09. The summed E-state index contributed by atoms with van der Waals surface area (Å²) in [4.78, 5) is 16.7. The summed E-state index contributed by atoms with van der Waals surface area (Å²) in [5.41, 5.74) is 2.38. The molecule has 1 atom stereocenters. The van der Waals surface area contributed by atoms with Gasteiger partial charge in [-0.25, -0.2) is 4.79 Å². The number of ether oxygens (including phenoxy) is 2. The first-order valence-electron chi connectivity index (χ1n) is 17.7. The standard InChI is InChI=1S/C39H61NO3/c1-4-6-7-8-9-10-11-12-13-14-15-16-17-18-19-20-21-22-31-42-38-29-27-37(28-30-38)40-32-35-23-25-36(26-24-35)39(41)43-33-34(3)5-2/h23-30,32,34H,4-22,31,33H2,1-3H3. The van der Waals surface area contributed by atoms with E-state index in [-0.39, 0.29) is 5.97 Å². The largest absolute Gasteiger partial charge is 0.494 e. The number of carbonyl (C=O) groups is 1. The van der Waals surface area contributed by atoms with Crippen molar-refractivity contribution in [3.63, 3.8) is 0 Å². The number of unbranched alkanes of at least 4 members (excludes halogenated alkanes) is 17. The van der Waals surface area contributed by atoms with Crippen LogP contribution in [0.15, 0.2) is 53.5 Å². The molecule has 4 nitrogen and oxygen atoms in total. The van der Waals surface area contributed by atoms with Crippen molar-refractivity contribution >= 4 is 17.9 Å². The molecule has 0 aliphatic rings. The summed E-state index contributed by atoms with van der Waals surface area (Å²) in [6, 6.07) is 15.3. The quantitative estimate of drug-likeness (QED) is 0.0621. The fraction of sp³-hybridized carbons (Fsp3) is 0.641. The number of hydrogen-bond acceptors (Lipinski definition) is 4. The number of hydrogen-bond donors (Lipinski definition) is 0. The Hall–Kier alpha value is -2.62. The minimum atomic E-state index is -0.274. The normalized spacial score (nSPS) is 12.1. The van der Waals surface area contributed by atoms with E-state index in [0.29, 0.717) is 18.1 Å². The molecule has 0 saturated heterocycles. The molecule has 2 rings (SSSR count). The molecular weight excluding hydrogens is 530 g/mol. The van der Waals surface area contributed by atoms with Crippen LogP contribution in [0.3, 0.4) is 0 Å². The summed E-state index contributed by atoms with van der Waals surface area (Å²) in [6.07, 6.45) is 27.8. The van der Waals surface area contributed by atoms with Crippen molar-refractivity contribution in [2.75, 3.05) is 13.2 Å². The van der Waals surface area contributed by atoms with E-state index >= 15 is 0 Å². The summed E-state index contributed by atoms with van der Waals surface area (Å²) in [5.74, 6) is 0.997. The van der Waals surface area contributed by atoms with Crippen LogP contribution in [0, 0.1) is 5.92 Å². The molecule has 2 aromatic carbocycles. The molecule has 4 heteroatoms. The van der Waals surface area contributed by atoms with Crippen molar-refractivity contribution in [1.29, 1.82) is 0 Å². The van der Waals surface area contributed by atoms with Crippen molar-refractivity contribution in [3.8, 4) is 5.75 Å². The lowest BCUT2D eigenvalue weighted by molar-refractivity contribution is 0.0447. The molecule has 0 bridgehead atoms. The summed E-state index contributed by atoms with van der Waals surface area (Å²) < 4.78 is 11.3. The third kappa shape index (κ3) is 18.6. The number of rotatable bonds is 26. The van der Waals surface area contributed by atoms with Gasteiger partial charge < -0.3 is 9.47 Å². The highest BCUT2D eigenvalue weighted by Crippen LogP contribution is 2.19. The van der Waals surface area contributed by atoms with Crippen LogP contribution < -0.4 is 4.74 Å². The molecule has 0 fully saturated rings. The maximum Gasteiger partial charge on any atom is 0.338 e. The van der Waals surface area contributed by atoms with Gasteiger partial charge >= 0.3 is 5.97 Å². The number of carbonyl (C=O) groups excluding carboxylic acids is 1. The van der Waals surface area contributed by atoms with Crippen molar-refractivity contribution in [2.24, 2.45) is 10.9 Å². The van der Waals surface area contributed by atoms with Gasteiger partial charge in [-0.15, -0.1) is 0 Å². The van der Waals surface area contributed by atoms with Gasteiger partial charge in [0, 0.05) is 6.21 Å². The Morgan fingerprint density at radius 2 is 1.16 bits per heavy atom. The van der Waals surface area contributed by atoms with Crippen LogP contribution in [-0.2, 0) is 4.74 Å². The third-order valence-electron chi connectivity index (χ3n) is 8.31. The van der Waals surface area contributed by atoms with Crippen LogP contribution in [0.1, 0.15) is 159 Å². The Labute approximate surface area is 264 Å². The smallest absolute Gasteiger partial charge is 0.338 e. The van der Waals surface area contributed by atoms with Crippen LogP contribution in [0.2, 0.25) is 0 Å². The molecule has 0 aromatic heterocycles. The highest BCUT2D eigenvalue weighted by atomic mass is 16.5. The van der Waals surface area contributed by atoms with E-state index in [9.17, 15) is 4.79 Å². The van der Waals surface area contributed by atoms with Gasteiger partial charge in [0.2, 0.25) is 0 Å². The SMILES string of the molecule is CCCCCCCCCCCCCCCCCCCCOc1ccc(N=Cc2ccc(C(=O)OCC(C)CC)cc2)cc1. The Kier molecular flexibility index (Phi) is 21.1. The van der Waals surface area contributed by atoms with Crippen molar-refractivity contribution < 1.29 is 14.3 Å². The summed E-state index contributed by atoms with van der Waals surface area (Å²) in [7, 11) is 0. The lowest BCUT2D eigenvalue weighted by atomic mass is 10.0. The molecule has 1 unspecified atom stereocenters. The van der Waals surface area contributed by atoms with Gasteiger partial charge in [-0.3, -0.25) is 4.99 Å². The molecule has 0 N–H and O–H groups in total. The average Bonchev–Trinajstić information content (AvgIpc) is 3.04. The topological polar surface area (TPSA) is 47.9 Å². The summed E-state index contributed by atoms with van der Waals surface area (Å²) in [5, 5.41) is 0. The van der Waals surface area contributed by atoms with Gasteiger partial charge in [0.1, 0.15) is 5.75 Å². The fourth-order valence-corrected chi connectivity index (χ4v) is 5.10.